The van der Waals surface area contributed by atoms with E-state index in [0.29, 0.717) is 16.1 Å². The number of aliphatic carboxylic acids is 1. The zero-order valence-electron chi connectivity index (χ0n) is 10.1. The minimum atomic E-state index is -1.63. The molecule has 0 fully saturated rings. The Kier molecular flexibility index (Phi) is 3.88. The summed E-state index contributed by atoms with van der Waals surface area (Å²) in [5.74, 6) is -1.09. The van der Waals surface area contributed by atoms with Gasteiger partial charge in [-0.3, -0.25) is 4.79 Å². The number of carboxylic acids is 1. The highest BCUT2D eigenvalue weighted by molar-refractivity contribution is 6.31. The predicted molar refractivity (Wildman–Crippen MR) is 73.1 cm³/mol. The summed E-state index contributed by atoms with van der Waals surface area (Å²) in [5, 5.41) is 20.2. The van der Waals surface area contributed by atoms with Gasteiger partial charge in [0.1, 0.15) is 5.60 Å². The minimum absolute atomic E-state index is 0.343. The monoisotopic (exact) mass is 276 g/mol. The second kappa shape index (κ2) is 5.43. The van der Waals surface area contributed by atoms with Crippen molar-refractivity contribution in [2.45, 2.75) is 12.0 Å². The lowest BCUT2D eigenvalue weighted by Gasteiger charge is -2.28. The Balaban J connectivity index is 2.59. The molecular formula is C15H13ClO3. The summed E-state index contributed by atoms with van der Waals surface area (Å²) in [6.45, 7) is 0. The van der Waals surface area contributed by atoms with Gasteiger partial charge < -0.3 is 10.2 Å². The first-order chi connectivity index (χ1) is 9.04. The second-order valence-corrected chi connectivity index (χ2v) is 4.68. The van der Waals surface area contributed by atoms with Gasteiger partial charge in [-0.1, -0.05) is 60.1 Å². The number of carboxylic acid groups (broad SMARTS) is 1. The summed E-state index contributed by atoms with van der Waals surface area (Å²) < 4.78 is 0. The van der Waals surface area contributed by atoms with Crippen molar-refractivity contribution in [3.63, 3.8) is 0 Å². The standard InChI is InChI=1S/C15H13ClO3/c16-13-9-5-4-8-12(13)15(19,10-14(17)18)11-6-2-1-3-7-11/h1-9,19H,10H2,(H,17,18). The first-order valence-corrected chi connectivity index (χ1v) is 6.16. The molecule has 3 nitrogen and oxygen atoms in total. The van der Waals surface area contributed by atoms with Crippen LogP contribution in [-0.2, 0) is 10.4 Å². The van der Waals surface area contributed by atoms with Gasteiger partial charge >= 0.3 is 5.97 Å². The smallest absolute Gasteiger partial charge is 0.307 e. The molecule has 0 aliphatic rings. The molecule has 0 aromatic heterocycles. The number of halogens is 1. The third-order valence-electron chi connectivity index (χ3n) is 2.98. The molecular weight excluding hydrogens is 264 g/mol. The maximum atomic E-state index is 11.1. The molecule has 2 rings (SSSR count). The van der Waals surface area contributed by atoms with Gasteiger partial charge in [-0.25, -0.2) is 0 Å². The molecule has 0 aliphatic carbocycles. The van der Waals surface area contributed by atoms with Gasteiger partial charge in [-0.2, -0.15) is 0 Å². The summed E-state index contributed by atoms with van der Waals surface area (Å²) >= 11 is 6.09. The molecule has 2 aromatic rings. The van der Waals surface area contributed by atoms with Crippen LogP contribution < -0.4 is 0 Å². The van der Waals surface area contributed by atoms with Crippen LogP contribution in [0.3, 0.4) is 0 Å². The summed E-state index contributed by atoms with van der Waals surface area (Å²) in [5.41, 5.74) is -0.735. The average Bonchev–Trinajstić information content (AvgIpc) is 2.39. The van der Waals surface area contributed by atoms with Crippen LogP contribution in [0.4, 0.5) is 0 Å². The van der Waals surface area contributed by atoms with Crippen molar-refractivity contribution >= 4 is 17.6 Å². The summed E-state index contributed by atoms with van der Waals surface area (Å²) in [4.78, 5) is 11.1. The van der Waals surface area contributed by atoms with E-state index in [1.165, 1.54) is 0 Å². The summed E-state index contributed by atoms with van der Waals surface area (Å²) in [6.07, 6.45) is -0.444. The average molecular weight is 277 g/mol. The lowest BCUT2D eigenvalue weighted by atomic mass is 9.83. The first kappa shape index (κ1) is 13.6. The van der Waals surface area contributed by atoms with Crippen molar-refractivity contribution in [3.8, 4) is 0 Å². The van der Waals surface area contributed by atoms with Gasteiger partial charge in [-0.15, -0.1) is 0 Å². The second-order valence-electron chi connectivity index (χ2n) is 4.28. The lowest BCUT2D eigenvalue weighted by Crippen LogP contribution is -2.30. The third-order valence-corrected chi connectivity index (χ3v) is 3.31. The normalized spacial score (nSPS) is 13.8. The van der Waals surface area contributed by atoms with Crippen molar-refractivity contribution in [1.82, 2.24) is 0 Å². The summed E-state index contributed by atoms with van der Waals surface area (Å²) in [6, 6.07) is 15.4. The fraction of sp³-hybridized carbons (Fsp3) is 0.133. The van der Waals surface area contributed by atoms with Gasteiger partial charge in [0.15, 0.2) is 0 Å². The highest BCUT2D eigenvalue weighted by Crippen LogP contribution is 2.36. The summed E-state index contributed by atoms with van der Waals surface area (Å²) in [7, 11) is 0. The Morgan fingerprint density at radius 1 is 1.05 bits per heavy atom. The van der Waals surface area contributed by atoms with E-state index < -0.39 is 18.0 Å². The number of benzene rings is 2. The molecule has 0 radical (unpaired) electrons. The number of aliphatic hydroxyl groups is 1. The molecule has 2 aromatic carbocycles. The van der Waals surface area contributed by atoms with E-state index in [0.717, 1.165) is 0 Å². The first-order valence-electron chi connectivity index (χ1n) is 5.79. The quantitative estimate of drug-likeness (QED) is 0.902. The van der Waals surface area contributed by atoms with Crippen molar-refractivity contribution < 1.29 is 15.0 Å². The number of hydrogen-bond acceptors (Lipinski definition) is 2. The molecule has 98 valence electrons. The van der Waals surface area contributed by atoms with E-state index in [1.807, 2.05) is 0 Å². The highest BCUT2D eigenvalue weighted by atomic mass is 35.5. The molecule has 0 bridgehead atoms. The van der Waals surface area contributed by atoms with Gasteiger partial charge in [0.2, 0.25) is 0 Å². The van der Waals surface area contributed by atoms with Crippen LogP contribution in [0.2, 0.25) is 5.02 Å². The largest absolute Gasteiger partial charge is 0.481 e. The van der Waals surface area contributed by atoms with Crippen molar-refractivity contribution in [2.24, 2.45) is 0 Å². The molecule has 0 heterocycles. The van der Waals surface area contributed by atoms with Crippen LogP contribution >= 0.6 is 11.6 Å². The highest BCUT2D eigenvalue weighted by Gasteiger charge is 2.35. The van der Waals surface area contributed by atoms with E-state index in [4.69, 9.17) is 16.7 Å². The molecule has 0 saturated heterocycles. The Bertz CT molecular complexity index is 583. The van der Waals surface area contributed by atoms with Crippen LogP contribution in [0.5, 0.6) is 0 Å². The molecule has 1 unspecified atom stereocenters. The molecule has 0 aliphatic heterocycles. The zero-order chi connectivity index (χ0) is 13.9. The van der Waals surface area contributed by atoms with Gasteiger partial charge in [0.05, 0.1) is 6.42 Å². The number of carbonyl (C=O) groups is 1. The Morgan fingerprint density at radius 2 is 1.63 bits per heavy atom. The van der Waals surface area contributed by atoms with Crippen LogP contribution in [0.1, 0.15) is 17.5 Å². The van der Waals surface area contributed by atoms with E-state index in [2.05, 4.69) is 0 Å². The molecule has 1 atom stereocenters. The lowest BCUT2D eigenvalue weighted by molar-refractivity contribution is -0.141. The van der Waals surface area contributed by atoms with Crippen LogP contribution in [-0.4, -0.2) is 16.2 Å². The molecule has 0 spiro atoms. The van der Waals surface area contributed by atoms with Crippen molar-refractivity contribution in [3.05, 3.63) is 70.7 Å². The Morgan fingerprint density at radius 3 is 2.21 bits per heavy atom. The predicted octanol–water partition coefficient (Wildman–Crippen LogP) is 3.05. The number of hydrogen-bond donors (Lipinski definition) is 2. The van der Waals surface area contributed by atoms with Crippen molar-refractivity contribution in [2.75, 3.05) is 0 Å². The third kappa shape index (κ3) is 2.78. The fourth-order valence-electron chi connectivity index (χ4n) is 2.08. The van der Waals surface area contributed by atoms with Gasteiger partial charge in [0, 0.05) is 10.6 Å². The van der Waals surface area contributed by atoms with Gasteiger partial charge in [-0.05, 0) is 11.6 Å². The molecule has 19 heavy (non-hydrogen) atoms. The van der Waals surface area contributed by atoms with Crippen LogP contribution in [0.25, 0.3) is 0 Å². The van der Waals surface area contributed by atoms with E-state index in [9.17, 15) is 9.90 Å². The zero-order valence-corrected chi connectivity index (χ0v) is 10.8. The van der Waals surface area contributed by atoms with E-state index in [-0.39, 0.29) is 0 Å². The van der Waals surface area contributed by atoms with E-state index >= 15 is 0 Å². The molecule has 2 N–H and O–H groups in total. The minimum Gasteiger partial charge on any atom is -0.481 e. The molecule has 4 heteroatoms. The maximum Gasteiger partial charge on any atom is 0.307 e. The Hall–Kier alpha value is -1.84. The molecule has 0 saturated carbocycles. The maximum absolute atomic E-state index is 11.1. The van der Waals surface area contributed by atoms with E-state index in [1.54, 1.807) is 54.6 Å². The van der Waals surface area contributed by atoms with Gasteiger partial charge in [0.25, 0.3) is 0 Å². The van der Waals surface area contributed by atoms with Crippen LogP contribution in [0.15, 0.2) is 54.6 Å². The van der Waals surface area contributed by atoms with Crippen LogP contribution in [0, 0.1) is 0 Å². The fourth-order valence-corrected chi connectivity index (χ4v) is 2.37. The van der Waals surface area contributed by atoms with Crippen molar-refractivity contribution in [1.29, 1.82) is 0 Å². The molecule has 0 amide bonds. The topological polar surface area (TPSA) is 57.5 Å². The Labute approximate surface area is 116 Å². The SMILES string of the molecule is O=C(O)CC(O)(c1ccccc1)c1ccccc1Cl. The number of rotatable bonds is 4.